The summed E-state index contributed by atoms with van der Waals surface area (Å²) in [6.07, 6.45) is 2.03. The molecular formula is C12H9FN2O2. The second kappa shape index (κ2) is 4.61. The smallest absolute Gasteiger partial charge is 0.272 e. The molecule has 1 aromatic heterocycles. The molecule has 0 aliphatic carbocycles. The summed E-state index contributed by atoms with van der Waals surface area (Å²) < 4.78 is 13.3. The molecule has 0 radical (unpaired) electrons. The third-order valence-electron chi connectivity index (χ3n) is 2.21. The Morgan fingerprint density at radius 3 is 2.76 bits per heavy atom. The first-order valence-electron chi connectivity index (χ1n) is 4.90. The van der Waals surface area contributed by atoms with Gasteiger partial charge in [0.25, 0.3) is 5.91 Å². The van der Waals surface area contributed by atoms with Gasteiger partial charge in [0.05, 0.1) is 5.69 Å². The van der Waals surface area contributed by atoms with Crippen LogP contribution in [-0.4, -0.2) is 17.2 Å². The van der Waals surface area contributed by atoms with Crippen LogP contribution in [0.2, 0.25) is 0 Å². The third-order valence-corrected chi connectivity index (χ3v) is 2.21. The lowest BCUT2D eigenvalue weighted by atomic mass is 10.3. The van der Waals surface area contributed by atoms with E-state index in [1.54, 1.807) is 6.07 Å². The molecule has 0 atom stereocenters. The molecule has 2 aromatic rings. The molecule has 17 heavy (non-hydrogen) atoms. The van der Waals surface area contributed by atoms with E-state index in [0.717, 1.165) is 0 Å². The van der Waals surface area contributed by atoms with E-state index in [9.17, 15) is 14.0 Å². The Morgan fingerprint density at radius 2 is 2.12 bits per heavy atom. The number of anilines is 1. The van der Waals surface area contributed by atoms with Crippen molar-refractivity contribution in [2.45, 2.75) is 0 Å². The van der Waals surface area contributed by atoms with Gasteiger partial charge in [0.15, 0.2) is 6.29 Å². The number of nitrogens with one attached hydrogen (secondary N) is 2. The molecule has 4 nitrogen and oxygen atoms in total. The van der Waals surface area contributed by atoms with Gasteiger partial charge in [0.1, 0.15) is 11.5 Å². The largest absolute Gasteiger partial charge is 0.356 e. The molecule has 0 saturated heterocycles. The summed E-state index contributed by atoms with van der Waals surface area (Å²) in [4.78, 5) is 24.7. The molecule has 0 unspecified atom stereocenters. The number of aromatic amines is 1. The zero-order chi connectivity index (χ0) is 12.3. The molecule has 0 fully saturated rings. The van der Waals surface area contributed by atoms with E-state index in [4.69, 9.17) is 0 Å². The van der Waals surface area contributed by atoms with Gasteiger partial charge in [-0.15, -0.1) is 0 Å². The highest BCUT2D eigenvalue weighted by Gasteiger charge is 2.10. The monoisotopic (exact) mass is 232 g/mol. The molecule has 0 saturated carbocycles. The minimum atomic E-state index is -0.511. The Kier molecular flexibility index (Phi) is 3.00. The van der Waals surface area contributed by atoms with Crippen molar-refractivity contribution in [2.75, 3.05) is 5.32 Å². The molecule has 0 bridgehead atoms. The van der Waals surface area contributed by atoms with Gasteiger partial charge >= 0.3 is 0 Å². The van der Waals surface area contributed by atoms with E-state index in [1.807, 2.05) is 0 Å². The minimum absolute atomic E-state index is 0.0970. The second-order valence-electron chi connectivity index (χ2n) is 3.40. The fourth-order valence-electron chi connectivity index (χ4n) is 1.36. The lowest BCUT2D eigenvalue weighted by Crippen LogP contribution is -2.13. The Bertz CT molecular complexity index is 563. The summed E-state index contributed by atoms with van der Waals surface area (Å²) in [6, 6.07) is 7.25. The number of aldehydes is 1. The summed E-state index contributed by atoms with van der Waals surface area (Å²) in [7, 11) is 0. The molecule has 1 aromatic carbocycles. The number of H-pyrrole nitrogens is 1. The number of para-hydroxylation sites is 1. The predicted octanol–water partition coefficient (Wildman–Crippen LogP) is 2.22. The number of amides is 1. The van der Waals surface area contributed by atoms with Crippen LogP contribution in [0.4, 0.5) is 10.1 Å². The van der Waals surface area contributed by atoms with Crippen molar-refractivity contribution >= 4 is 17.9 Å². The van der Waals surface area contributed by atoms with Crippen LogP contribution in [0.15, 0.2) is 36.5 Å². The first-order chi connectivity index (χ1) is 8.20. The van der Waals surface area contributed by atoms with Gasteiger partial charge < -0.3 is 10.3 Å². The number of aromatic nitrogens is 1. The van der Waals surface area contributed by atoms with Crippen LogP contribution in [0, 0.1) is 5.82 Å². The Morgan fingerprint density at radius 1 is 1.35 bits per heavy atom. The zero-order valence-electron chi connectivity index (χ0n) is 8.74. The highest BCUT2D eigenvalue weighted by atomic mass is 19.1. The SMILES string of the molecule is O=Cc1c[nH]c(C(=O)Nc2ccccc2F)c1. The maximum Gasteiger partial charge on any atom is 0.272 e. The standard InChI is InChI=1S/C12H9FN2O2/c13-9-3-1-2-4-10(9)15-12(17)11-5-8(7-16)6-14-11/h1-7,14H,(H,15,17). The van der Waals surface area contributed by atoms with Crippen molar-refractivity contribution in [3.8, 4) is 0 Å². The second-order valence-corrected chi connectivity index (χ2v) is 3.40. The van der Waals surface area contributed by atoms with Crippen LogP contribution in [0.3, 0.4) is 0 Å². The summed E-state index contributed by atoms with van der Waals surface area (Å²) in [6.45, 7) is 0. The Hall–Kier alpha value is -2.43. The van der Waals surface area contributed by atoms with Crippen LogP contribution in [0.25, 0.3) is 0 Å². The van der Waals surface area contributed by atoms with Crippen molar-refractivity contribution in [3.63, 3.8) is 0 Å². The van der Waals surface area contributed by atoms with Gasteiger partial charge in [-0.05, 0) is 18.2 Å². The Balaban J connectivity index is 2.17. The van der Waals surface area contributed by atoms with Gasteiger partial charge in [-0.2, -0.15) is 0 Å². The van der Waals surface area contributed by atoms with Gasteiger partial charge in [-0.3, -0.25) is 9.59 Å². The number of benzene rings is 1. The molecule has 5 heteroatoms. The summed E-state index contributed by atoms with van der Waals surface area (Å²) in [5, 5.41) is 2.40. The van der Waals surface area contributed by atoms with Gasteiger partial charge in [-0.25, -0.2) is 4.39 Å². The average Bonchev–Trinajstić information content (AvgIpc) is 2.81. The summed E-state index contributed by atoms with van der Waals surface area (Å²) in [5.74, 6) is -1.01. The van der Waals surface area contributed by atoms with Crippen molar-refractivity contribution in [1.82, 2.24) is 4.98 Å². The highest BCUT2D eigenvalue weighted by molar-refractivity contribution is 6.03. The fraction of sp³-hybridized carbons (Fsp3) is 0. The molecule has 0 spiro atoms. The Labute approximate surface area is 96.5 Å². The quantitative estimate of drug-likeness (QED) is 0.797. The van der Waals surface area contributed by atoms with Gasteiger partial charge in [0, 0.05) is 11.8 Å². The number of carbonyl (C=O) groups is 2. The van der Waals surface area contributed by atoms with Crippen molar-refractivity contribution in [1.29, 1.82) is 0 Å². The molecule has 86 valence electrons. The van der Waals surface area contributed by atoms with Gasteiger partial charge in [0.2, 0.25) is 0 Å². The molecule has 0 aliphatic heterocycles. The van der Waals surface area contributed by atoms with E-state index >= 15 is 0 Å². The first kappa shape index (κ1) is 11.1. The molecular weight excluding hydrogens is 223 g/mol. The first-order valence-corrected chi connectivity index (χ1v) is 4.90. The molecule has 1 heterocycles. The fourth-order valence-corrected chi connectivity index (χ4v) is 1.36. The van der Waals surface area contributed by atoms with Gasteiger partial charge in [-0.1, -0.05) is 12.1 Å². The lowest BCUT2D eigenvalue weighted by Gasteiger charge is -2.04. The molecule has 2 N–H and O–H groups in total. The number of halogens is 1. The number of hydrogen-bond acceptors (Lipinski definition) is 2. The van der Waals surface area contributed by atoms with Crippen LogP contribution in [0.5, 0.6) is 0 Å². The maximum absolute atomic E-state index is 13.3. The zero-order valence-corrected chi connectivity index (χ0v) is 8.74. The number of hydrogen-bond donors (Lipinski definition) is 2. The van der Waals surface area contributed by atoms with E-state index in [2.05, 4.69) is 10.3 Å². The molecule has 2 rings (SSSR count). The summed E-state index contributed by atoms with van der Waals surface area (Å²) >= 11 is 0. The number of carbonyl (C=O) groups excluding carboxylic acids is 2. The van der Waals surface area contributed by atoms with Crippen LogP contribution in [-0.2, 0) is 0 Å². The normalized spacial score (nSPS) is 9.94. The van der Waals surface area contributed by atoms with Crippen LogP contribution >= 0.6 is 0 Å². The highest BCUT2D eigenvalue weighted by Crippen LogP contribution is 2.13. The average molecular weight is 232 g/mol. The van der Waals surface area contributed by atoms with Crippen molar-refractivity contribution < 1.29 is 14.0 Å². The molecule has 0 aliphatic rings. The van der Waals surface area contributed by atoms with Crippen LogP contribution in [0.1, 0.15) is 20.8 Å². The van der Waals surface area contributed by atoms with E-state index in [-0.39, 0.29) is 11.4 Å². The third kappa shape index (κ3) is 2.39. The minimum Gasteiger partial charge on any atom is -0.356 e. The van der Waals surface area contributed by atoms with E-state index in [1.165, 1.54) is 30.5 Å². The van der Waals surface area contributed by atoms with Crippen molar-refractivity contribution in [2.24, 2.45) is 0 Å². The number of rotatable bonds is 3. The van der Waals surface area contributed by atoms with Crippen molar-refractivity contribution in [3.05, 3.63) is 53.6 Å². The summed E-state index contributed by atoms with van der Waals surface area (Å²) in [5.41, 5.74) is 0.666. The molecule has 1 amide bonds. The lowest BCUT2D eigenvalue weighted by molar-refractivity contribution is 0.102. The predicted molar refractivity (Wildman–Crippen MR) is 60.5 cm³/mol. The van der Waals surface area contributed by atoms with Crippen LogP contribution < -0.4 is 5.32 Å². The maximum atomic E-state index is 13.3. The topological polar surface area (TPSA) is 62.0 Å². The van der Waals surface area contributed by atoms with E-state index in [0.29, 0.717) is 11.8 Å². The van der Waals surface area contributed by atoms with E-state index < -0.39 is 11.7 Å².